The first-order valence-electron chi connectivity index (χ1n) is 10.4. The summed E-state index contributed by atoms with van der Waals surface area (Å²) in [6, 6.07) is 0.294. The third kappa shape index (κ3) is 6.42. The first kappa shape index (κ1) is 23.6. The average molecular weight is 514 g/mol. The first-order valence-corrected chi connectivity index (χ1v) is 10.4. The van der Waals surface area contributed by atoms with Crippen LogP contribution < -0.4 is 10.6 Å². The molecule has 162 valence electrons. The lowest BCUT2D eigenvalue weighted by atomic mass is 10.1. The minimum atomic E-state index is 0. The Morgan fingerprint density at radius 1 is 1.31 bits per heavy atom. The van der Waals surface area contributed by atoms with Gasteiger partial charge in [0.1, 0.15) is 18.2 Å². The molecule has 0 saturated heterocycles. The number of hydrogen-bond acceptors (Lipinski definition) is 4. The van der Waals surface area contributed by atoms with E-state index in [0.717, 1.165) is 55.9 Å². The van der Waals surface area contributed by atoms with Gasteiger partial charge >= 0.3 is 0 Å². The second kappa shape index (κ2) is 10.9. The van der Waals surface area contributed by atoms with Crippen molar-refractivity contribution in [1.29, 1.82) is 0 Å². The normalized spacial score (nSPS) is 16.7. The summed E-state index contributed by atoms with van der Waals surface area (Å²) in [5.41, 5.74) is 0. The van der Waals surface area contributed by atoms with Crippen molar-refractivity contribution in [3.05, 3.63) is 29.9 Å². The van der Waals surface area contributed by atoms with E-state index in [-0.39, 0.29) is 24.0 Å². The quantitative estimate of drug-likeness (QED) is 0.337. The van der Waals surface area contributed by atoms with Crippen molar-refractivity contribution < 1.29 is 0 Å². The van der Waals surface area contributed by atoms with Crippen LogP contribution in [-0.4, -0.2) is 42.9 Å². The number of aliphatic imine (C=N–C) groups is 1. The minimum absolute atomic E-state index is 0. The molecule has 1 atom stereocenters. The highest BCUT2D eigenvalue weighted by atomic mass is 127. The third-order valence-electron chi connectivity index (χ3n) is 4.82. The van der Waals surface area contributed by atoms with Gasteiger partial charge in [0, 0.05) is 43.9 Å². The number of aromatic nitrogens is 5. The first-order chi connectivity index (χ1) is 13.5. The van der Waals surface area contributed by atoms with E-state index in [1.165, 1.54) is 0 Å². The topological polar surface area (TPSA) is 84.9 Å². The maximum Gasteiger partial charge on any atom is 0.191 e. The van der Waals surface area contributed by atoms with Gasteiger partial charge in [0.05, 0.1) is 6.54 Å². The Hall–Kier alpha value is -1.65. The van der Waals surface area contributed by atoms with Crippen molar-refractivity contribution >= 4 is 29.9 Å². The molecule has 0 amide bonds. The van der Waals surface area contributed by atoms with Gasteiger partial charge in [0.25, 0.3) is 0 Å². The van der Waals surface area contributed by atoms with Gasteiger partial charge < -0.3 is 15.2 Å². The predicted molar refractivity (Wildman–Crippen MR) is 127 cm³/mol. The lowest BCUT2D eigenvalue weighted by Crippen LogP contribution is -2.47. The van der Waals surface area contributed by atoms with Crippen molar-refractivity contribution in [2.45, 2.75) is 79.1 Å². The SMILES string of the molecule is CCNC(=NCc1nccn1CC(C)C)NC1CCc2nc(C(C)C)nn2C1.I. The Morgan fingerprint density at radius 3 is 2.79 bits per heavy atom. The van der Waals surface area contributed by atoms with Crippen LogP contribution in [0.3, 0.4) is 0 Å². The van der Waals surface area contributed by atoms with Crippen LogP contribution in [0.2, 0.25) is 0 Å². The van der Waals surface area contributed by atoms with E-state index in [2.05, 4.69) is 69.6 Å². The van der Waals surface area contributed by atoms with Gasteiger partial charge in [0.2, 0.25) is 0 Å². The van der Waals surface area contributed by atoms with Crippen molar-refractivity contribution in [3.63, 3.8) is 0 Å². The van der Waals surface area contributed by atoms with Crippen LogP contribution >= 0.6 is 24.0 Å². The molecule has 1 aliphatic rings. The van der Waals surface area contributed by atoms with E-state index < -0.39 is 0 Å². The highest BCUT2D eigenvalue weighted by Gasteiger charge is 2.23. The van der Waals surface area contributed by atoms with Crippen LogP contribution in [-0.2, 0) is 26.1 Å². The molecule has 0 bridgehead atoms. The van der Waals surface area contributed by atoms with Crippen molar-refractivity contribution in [1.82, 2.24) is 34.9 Å². The molecule has 3 heterocycles. The van der Waals surface area contributed by atoms with E-state index in [1.807, 2.05) is 12.4 Å². The molecule has 2 aromatic rings. The molecule has 0 aliphatic carbocycles. The van der Waals surface area contributed by atoms with Crippen molar-refractivity contribution in [3.8, 4) is 0 Å². The molecule has 0 aromatic carbocycles. The van der Waals surface area contributed by atoms with Gasteiger partial charge in [-0.15, -0.1) is 24.0 Å². The predicted octanol–water partition coefficient (Wildman–Crippen LogP) is 2.94. The second-order valence-electron chi connectivity index (χ2n) is 8.19. The molecule has 9 heteroatoms. The molecule has 2 aromatic heterocycles. The summed E-state index contributed by atoms with van der Waals surface area (Å²) >= 11 is 0. The third-order valence-corrected chi connectivity index (χ3v) is 4.82. The molecule has 1 unspecified atom stereocenters. The summed E-state index contributed by atoms with van der Waals surface area (Å²) < 4.78 is 4.24. The minimum Gasteiger partial charge on any atom is -0.357 e. The van der Waals surface area contributed by atoms with E-state index in [1.54, 1.807) is 0 Å². The van der Waals surface area contributed by atoms with Gasteiger partial charge in [-0.25, -0.2) is 19.6 Å². The second-order valence-corrected chi connectivity index (χ2v) is 8.19. The number of nitrogens with one attached hydrogen (secondary N) is 2. The summed E-state index contributed by atoms with van der Waals surface area (Å²) in [5.74, 6) is 4.80. The Balaban J connectivity index is 0.00000300. The fourth-order valence-corrected chi connectivity index (χ4v) is 3.41. The Labute approximate surface area is 191 Å². The Bertz CT molecular complexity index is 792. The van der Waals surface area contributed by atoms with Crippen LogP contribution in [0, 0.1) is 5.92 Å². The van der Waals surface area contributed by atoms with Crippen molar-refractivity contribution in [2.75, 3.05) is 6.54 Å². The van der Waals surface area contributed by atoms with Gasteiger partial charge in [-0.3, -0.25) is 0 Å². The maximum atomic E-state index is 4.77. The molecule has 0 radical (unpaired) electrons. The van der Waals surface area contributed by atoms with Crippen LogP contribution in [0.25, 0.3) is 0 Å². The van der Waals surface area contributed by atoms with Crippen molar-refractivity contribution in [2.24, 2.45) is 10.9 Å². The number of guanidine groups is 1. The maximum absolute atomic E-state index is 4.77. The zero-order valence-corrected chi connectivity index (χ0v) is 20.6. The van der Waals surface area contributed by atoms with Gasteiger partial charge in [-0.05, 0) is 19.3 Å². The van der Waals surface area contributed by atoms with E-state index in [0.29, 0.717) is 24.4 Å². The zero-order valence-electron chi connectivity index (χ0n) is 18.2. The lowest BCUT2D eigenvalue weighted by molar-refractivity contribution is 0.391. The fourth-order valence-electron chi connectivity index (χ4n) is 3.41. The number of fused-ring (bicyclic) bond motifs is 1. The summed E-state index contributed by atoms with van der Waals surface area (Å²) in [5, 5.41) is 11.6. The summed E-state index contributed by atoms with van der Waals surface area (Å²) in [4.78, 5) is 13.9. The molecular weight excluding hydrogens is 479 g/mol. The largest absolute Gasteiger partial charge is 0.357 e. The van der Waals surface area contributed by atoms with E-state index >= 15 is 0 Å². The summed E-state index contributed by atoms with van der Waals surface area (Å²) in [7, 11) is 0. The van der Waals surface area contributed by atoms with Crippen LogP contribution in [0.15, 0.2) is 17.4 Å². The smallest absolute Gasteiger partial charge is 0.191 e. The lowest BCUT2D eigenvalue weighted by Gasteiger charge is -2.25. The number of halogens is 1. The van der Waals surface area contributed by atoms with Crippen LogP contribution in [0.1, 0.15) is 64.4 Å². The van der Waals surface area contributed by atoms with Crippen LogP contribution in [0.4, 0.5) is 0 Å². The highest BCUT2D eigenvalue weighted by Crippen LogP contribution is 2.17. The van der Waals surface area contributed by atoms with Gasteiger partial charge in [0.15, 0.2) is 11.8 Å². The number of aryl methyl sites for hydroxylation is 1. The van der Waals surface area contributed by atoms with Gasteiger partial charge in [-0.1, -0.05) is 27.7 Å². The number of rotatable bonds is 7. The number of hydrogen-bond donors (Lipinski definition) is 2. The average Bonchev–Trinajstić information content (AvgIpc) is 3.25. The van der Waals surface area contributed by atoms with E-state index in [4.69, 9.17) is 4.99 Å². The molecule has 0 saturated carbocycles. The number of imidazole rings is 1. The number of nitrogens with zero attached hydrogens (tertiary/aromatic N) is 6. The van der Waals surface area contributed by atoms with Crippen LogP contribution in [0.5, 0.6) is 0 Å². The molecule has 2 N–H and O–H groups in total. The van der Waals surface area contributed by atoms with E-state index in [9.17, 15) is 0 Å². The Morgan fingerprint density at radius 2 is 2.10 bits per heavy atom. The van der Waals surface area contributed by atoms with Gasteiger partial charge in [-0.2, -0.15) is 5.10 Å². The summed E-state index contributed by atoms with van der Waals surface area (Å²) in [6.07, 6.45) is 5.86. The zero-order chi connectivity index (χ0) is 20.1. The molecule has 8 nitrogen and oxygen atoms in total. The highest BCUT2D eigenvalue weighted by molar-refractivity contribution is 14.0. The monoisotopic (exact) mass is 514 g/mol. The fraction of sp³-hybridized carbons (Fsp3) is 0.700. The molecule has 1 aliphatic heterocycles. The molecule has 0 spiro atoms. The molecule has 29 heavy (non-hydrogen) atoms. The standard InChI is InChI=1S/C20H34N8.HI/c1-6-21-20(23-11-18-22-9-10-27(18)12-14(2)3)24-16-7-8-17-25-19(15(4)5)26-28(17)13-16;/h9-10,14-16H,6-8,11-13H2,1-5H3,(H2,21,23,24);1H. The Kier molecular flexibility index (Phi) is 8.91. The molecule has 3 rings (SSSR count). The molecule has 0 fully saturated rings. The summed E-state index contributed by atoms with van der Waals surface area (Å²) in [6.45, 7) is 14.0. The molecular formula is C20H35IN8.